The fourth-order valence-corrected chi connectivity index (χ4v) is 4.89. The Morgan fingerprint density at radius 1 is 0.556 bits per heavy atom. The minimum absolute atomic E-state index is 0.310. The lowest BCUT2D eigenvalue weighted by Gasteiger charge is -2.23. The fraction of sp³-hybridized carbons (Fsp3) is 0.968. The van der Waals surface area contributed by atoms with Crippen LogP contribution >= 0.6 is 0 Å². The van der Waals surface area contributed by atoms with E-state index in [1.807, 2.05) is 0 Å². The first-order valence-corrected chi connectivity index (χ1v) is 15.8. The zero-order valence-corrected chi connectivity index (χ0v) is 24.2. The van der Waals surface area contributed by atoms with Gasteiger partial charge in [0.2, 0.25) is 5.91 Å². The van der Waals surface area contributed by atoms with Gasteiger partial charge in [0.25, 0.3) is 0 Å². The molecule has 0 aliphatic heterocycles. The molecule has 4 N–H and O–H groups in total. The number of amides is 1. The Bertz CT molecular complexity index is 460. The van der Waals surface area contributed by atoms with Crippen molar-refractivity contribution in [2.24, 2.45) is 0 Å². The Balaban J connectivity index is 3.73. The molecule has 5 nitrogen and oxygen atoms in total. The van der Waals surface area contributed by atoms with Crippen LogP contribution in [0.4, 0.5) is 0 Å². The van der Waals surface area contributed by atoms with Gasteiger partial charge in [-0.1, -0.05) is 155 Å². The molecule has 0 radical (unpaired) electrons. The smallest absolute Gasteiger partial charge is 0.249 e. The van der Waals surface area contributed by atoms with Crippen LogP contribution in [0.15, 0.2) is 0 Å². The number of carbonyl (C=O) groups excluding carboxylic acids is 1. The molecule has 36 heavy (non-hydrogen) atoms. The van der Waals surface area contributed by atoms with E-state index >= 15 is 0 Å². The number of hydrogen-bond acceptors (Lipinski definition) is 4. The minimum atomic E-state index is -1.06. The lowest BCUT2D eigenvalue weighted by Crippen LogP contribution is -2.49. The predicted octanol–water partition coefficient (Wildman–Crippen LogP) is 7.59. The lowest BCUT2D eigenvalue weighted by atomic mass is 10.0. The van der Waals surface area contributed by atoms with Gasteiger partial charge in [-0.05, 0) is 12.8 Å². The number of nitrogens with one attached hydrogen (secondary N) is 1. The summed E-state index contributed by atoms with van der Waals surface area (Å²) in [5, 5.41) is 32.9. The Morgan fingerprint density at radius 2 is 0.889 bits per heavy atom. The highest BCUT2D eigenvalue weighted by Crippen LogP contribution is 2.15. The highest BCUT2D eigenvalue weighted by molar-refractivity contribution is 5.80. The van der Waals surface area contributed by atoms with Gasteiger partial charge in [-0.3, -0.25) is 4.79 Å². The van der Waals surface area contributed by atoms with Gasteiger partial charge in [0, 0.05) is 0 Å². The third kappa shape index (κ3) is 22.5. The van der Waals surface area contributed by atoms with Crippen LogP contribution in [0, 0.1) is 0 Å². The summed E-state index contributed by atoms with van der Waals surface area (Å²) in [6.45, 7) is 4.18. The molecule has 3 atom stereocenters. The summed E-state index contributed by atoms with van der Waals surface area (Å²) in [6, 6.07) is -0.701. The van der Waals surface area contributed by atoms with Gasteiger partial charge in [0.05, 0.1) is 18.8 Å². The number of aliphatic hydroxyl groups excluding tert-OH is 3. The first-order chi connectivity index (χ1) is 17.6. The Kier molecular flexibility index (Phi) is 26.9. The number of hydrogen-bond donors (Lipinski definition) is 4. The highest BCUT2D eigenvalue weighted by atomic mass is 16.3. The minimum Gasteiger partial charge on any atom is -0.394 e. The molecule has 0 aliphatic carbocycles. The second kappa shape index (κ2) is 27.4. The van der Waals surface area contributed by atoms with Gasteiger partial charge in [-0.2, -0.15) is 0 Å². The average Bonchev–Trinajstić information content (AvgIpc) is 2.88. The first kappa shape index (κ1) is 35.4. The molecule has 0 saturated carbocycles. The molecule has 216 valence electrons. The third-order valence-electron chi connectivity index (χ3n) is 7.48. The molecule has 0 aromatic carbocycles. The highest BCUT2D eigenvalue weighted by Gasteiger charge is 2.23. The van der Waals surface area contributed by atoms with Crippen LogP contribution in [0.2, 0.25) is 0 Å². The molecule has 1 amide bonds. The molecule has 0 spiro atoms. The molecule has 5 heteroatoms. The average molecular weight is 514 g/mol. The standard InChI is InChI=1S/C31H63NO4/c1-3-5-7-9-11-13-15-16-18-20-22-24-26-30(35)31(36)32-28(27-33)29(34)25-23-21-19-17-14-12-10-8-6-4-2/h28-30,33-35H,3-27H2,1-2H3,(H,32,36). The van der Waals surface area contributed by atoms with Gasteiger partial charge >= 0.3 is 0 Å². The zero-order valence-electron chi connectivity index (χ0n) is 24.2. The number of aliphatic hydroxyl groups is 3. The molecular formula is C31H63NO4. The zero-order chi connectivity index (χ0) is 26.7. The molecular weight excluding hydrogens is 450 g/mol. The van der Waals surface area contributed by atoms with E-state index in [9.17, 15) is 20.1 Å². The van der Waals surface area contributed by atoms with Crippen molar-refractivity contribution >= 4 is 5.91 Å². The summed E-state index contributed by atoms with van der Waals surface area (Å²) < 4.78 is 0. The lowest BCUT2D eigenvalue weighted by molar-refractivity contribution is -0.131. The molecule has 0 aromatic rings. The van der Waals surface area contributed by atoms with E-state index in [0.29, 0.717) is 12.8 Å². The molecule has 0 bridgehead atoms. The molecule has 0 rings (SSSR count). The summed E-state index contributed by atoms with van der Waals surface area (Å²) in [6.07, 6.45) is 26.5. The van der Waals surface area contributed by atoms with Crippen LogP contribution in [0.1, 0.15) is 168 Å². The molecule has 0 aromatic heterocycles. The summed E-state index contributed by atoms with van der Waals surface area (Å²) in [5.41, 5.74) is 0. The van der Waals surface area contributed by atoms with Crippen molar-refractivity contribution in [1.82, 2.24) is 5.32 Å². The monoisotopic (exact) mass is 513 g/mol. The SMILES string of the molecule is CCCCCCCCCCCCCCC(O)C(=O)NC(CO)C(O)CCCCCCCCCCCC. The molecule has 0 heterocycles. The maximum absolute atomic E-state index is 12.3. The Morgan fingerprint density at radius 3 is 1.25 bits per heavy atom. The topological polar surface area (TPSA) is 89.8 Å². The summed E-state index contributed by atoms with van der Waals surface area (Å²) in [5.74, 6) is -0.473. The third-order valence-corrected chi connectivity index (χ3v) is 7.48. The van der Waals surface area contributed by atoms with Gasteiger partial charge in [-0.25, -0.2) is 0 Å². The van der Waals surface area contributed by atoms with Crippen molar-refractivity contribution in [3.63, 3.8) is 0 Å². The molecule has 0 saturated heterocycles. The summed E-state index contributed by atoms with van der Waals surface area (Å²) in [4.78, 5) is 12.3. The van der Waals surface area contributed by atoms with Crippen molar-refractivity contribution in [3.05, 3.63) is 0 Å². The Hall–Kier alpha value is -0.650. The van der Waals surface area contributed by atoms with E-state index in [0.717, 1.165) is 32.1 Å². The van der Waals surface area contributed by atoms with Crippen molar-refractivity contribution in [2.75, 3.05) is 6.61 Å². The number of rotatable bonds is 28. The summed E-state index contributed by atoms with van der Waals surface area (Å²) >= 11 is 0. The largest absolute Gasteiger partial charge is 0.394 e. The van der Waals surface area contributed by atoms with E-state index in [-0.39, 0.29) is 6.61 Å². The van der Waals surface area contributed by atoms with Crippen LogP contribution in [0.3, 0.4) is 0 Å². The molecule has 0 aliphatic rings. The second-order valence-electron chi connectivity index (χ2n) is 11.0. The Labute approximate surface area is 224 Å². The van der Waals surface area contributed by atoms with Gasteiger partial charge < -0.3 is 20.6 Å². The van der Waals surface area contributed by atoms with Crippen molar-refractivity contribution in [2.45, 2.75) is 186 Å². The second-order valence-corrected chi connectivity index (χ2v) is 11.0. The van der Waals surface area contributed by atoms with Crippen molar-refractivity contribution in [3.8, 4) is 0 Å². The first-order valence-electron chi connectivity index (χ1n) is 15.8. The van der Waals surface area contributed by atoms with E-state index in [4.69, 9.17) is 0 Å². The maximum Gasteiger partial charge on any atom is 0.249 e. The summed E-state index contributed by atoms with van der Waals surface area (Å²) in [7, 11) is 0. The fourth-order valence-electron chi connectivity index (χ4n) is 4.89. The van der Waals surface area contributed by atoms with Crippen LogP contribution in [0.5, 0.6) is 0 Å². The quantitative estimate of drug-likeness (QED) is 0.0811. The van der Waals surface area contributed by atoms with E-state index in [1.54, 1.807) is 0 Å². The number of unbranched alkanes of at least 4 members (excludes halogenated alkanes) is 20. The van der Waals surface area contributed by atoms with Gasteiger partial charge in [0.1, 0.15) is 6.10 Å². The molecule has 3 unspecified atom stereocenters. The van der Waals surface area contributed by atoms with E-state index in [2.05, 4.69) is 19.2 Å². The number of carbonyl (C=O) groups is 1. The predicted molar refractivity (Wildman–Crippen MR) is 153 cm³/mol. The van der Waals surface area contributed by atoms with Gasteiger partial charge in [-0.15, -0.1) is 0 Å². The van der Waals surface area contributed by atoms with Crippen LogP contribution in [-0.2, 0) is 4.79 Å². The van der Waals surface area contributed by atoms with Crippen molar-refractivity contribution in [1.29, 1.82) is 0 Å². The maximum atomic E-state index is 12.3. The normalized spacial score (nSPS) is 14.0. The van der Waals surface area contributed by atoms with E-state index in [1.165, 1.54) is 109 Å². The van der Waals surface area contributed by atoms with Crippen LogP contribution in [0.25, 0.3) is 0 Å². The molecule has 0 fully saturated rings. The van der Waals surface area contributed by atoms with Crippen LogP contribution < -0.4 is 5.32 Å². The van der Waals surface area contributed by atoms with Crippen molar-refractivity contribution < 1.29 is 20.1 Å². The van der Waals surface area contributed by atoms with Crippen LogP contribution in [-0.4, -0.2) is 46.1 Å². The van der Waals surface area contributed by atoms with E-state index < -0.39 is 24.2 Å². The van der Waals surface area contributed by atoms with Gasteiger partial charge in [0.15, 0.2) is 0 Å².